The summed E-state index contributed by atoms with van der Waals surface area (Å²) >= 11 is 0. The number of hydrogen-bond donors (Lipinski definition) is 3. The average Bonchev–Trinajstić information content (AvgIpc) is 3.06. The Morgan fingerprint density at radius 1 is 1.02 bits per heavy atom. The fraction of sp³-hybridized carbons (Fsp3) is 0.447. The van der Waals surface area contributed by atoms with Crippen LogP contribution in [0.1, 0.15) is 71.9 Å². The number of anilines is 1. The standard InChI is InChI=1S/C38H49N3O7/c1-26-22-41(27(2)25-42)37(44)33-21-32(39-36(43)20-29-11-6-5-7-12-29)17-18-34(33)48-28(3)10-8-9-19-47-35(26)24-40(4)23-30-13-15-31(16-14-30)38(45)46/h5-7,11-18,21,26-28,35,42H,8-10,19-20,22-25H2,1-4H3,(H,39,43)(H,45,46)/t26-,27+,28-,35+/m1/s1. The Morgan fingerprint density at radius 2 is 1.75 bits per heavy atom. The monoisotopic (exact) mass is 659 g/mol. The van der Waals surface area contributed by atoms with Crippen LogP contribution in [0.15, 0.2) is 72.8 Å². The van der Waals surface area contributed by atoms with Crippen molar-refractivity contribution in [3.63, 3.8) is 0 Å². The van der Waals surface area contributed by atoms with Crippen molar-refractivity contribution in [1.82, 2.24) is 9.80 Å². The van der Waals surface area contributed by atoms with Crippen LogP contribution in [0.4, 0.5) is 5.69 Å². The van der Waals surface area contributed by atoms with E-state index in [1.807, 2.05) is 63.4 Å². The number of carbonyl (C=O) groups excluding carboxylic acids is 2. The summed E-state index contributed by atoms with van der Waals surface area (Å²) in [6.07, 6.45) is 2.35. The molecule has 1 aliphatic heterocycles. The number of ether oxygens (including phenoxy) is 2. The Bertz CT molecular complexity index is 1500. The molecule has 4 atom stereocenters. The van der Waals surface area contributed by atoms with E-state index in [9.17, 15) is 24.6 Å². The van der Waals surface area contributed by atoms with Crippen molar-refractivity contribution in [2.24, 2.45) is 5.92 Å². The highest BCUT2D eigenvalue weighted by atomic mass is 16.5. The molecule has 0 fully saturated rings. The molecule has 0 saturated heterocycles. The van der Waals surface area contributed by atoms with Gasteiger partial charge in [0, 0.05) is 37.8 Å². The number of aliphatic hydroxyl groups is 1. The maximum atomic E-state index is 14.4. The van der Waals surface area contributed by atoms with Gasteiger partial charge in [0.25, 0.3) is 5.91 Å². The van der Waals surface area contributed by atoms with E-state index in [2.05, 4.69) is 17.1 Å². The molecule has 258 valence electrons. The lowest BCUT2D eigenvalue weighted by Crippen LogP contribution is -2.47. The highest BCUT2D eigenvalue weighted by molar-refractivity contribution is 6.00. The third-order valence-corrected chi connectivity index (χ3v) is 8.69. The molecule has 4 rings (SSSR count). The quantitative estimate of drug-likeness (QED) is 0.261. The van der Waals surface area contributed by atoms with Gasteiger partial charge in [-0.1, -0.05) is 49.4 Å². The maximum absolute atomic E-state index is 14.4. The summed E-state index contributed by atoms with van der Waals surface area (Å²) in [7, 11) is 1.99. The lowest BCUT2D eigenvalue weighted by Gasteiger charge is -2.36. The molecule has 1 heterocycles. The number of nitrogens with one attached hydrogen (secondary N) is 1. The molecule has 2 amide bonds. The van der Waals surface area contributed by atoms with E-state index >= 15 is 0 Å². The second-order valence-electron chi connectivity index (χ2n) is 12.9. The first-order chi connectivity index (χ1) is 23.0. The first kappa shape index (κ1) is 36.6. The molecule has 48 heavy (non-hydrogen) atoms. The van der Waals surface area contributed by atoms with E-state index in [-0.39, 0.29) is 48.5 Å². The summed E-state index contributed by atoms with van der Waals surface area (Å²) in [5, 5.41) is 22.4. The van der Waals surface area contributed by atoms with Crippen LogP contribution in [0.3, 0.4) is 0 Å². The molecule has 0 aliphatic carbocycles. The number of aliphatic hydroxyl groups excluding tert-OH is 1. The maximum Gasteiger partial charge on any atom is 0.335 e. The summed E-state index contributed by atoms with van der Waals surface area (Å²) in [4.78, 5) is 42.3. The van der Waals surface area contributed by atoms with Crippen molar-refractivity contribution in [2.45, 2.75) is 71.2 Å². The number of likely N-dealkylation sites (N-methyl/N-ethyl adjacent to an activating group) is 1. The largest absolute Gasteiger partial charge is 0.490 e. The summed E-state index contributed by atoms with van der Waals surface area (Å²) in [5.41, 5.74) is 2.93. The molecule has 10 heteroatoms. The van der Waals surface area contributed by atoms with Gasteiger partial charge >= 0.3 is 5.97 Å². The van der Waals surface area contributed by atoms with Gasteiger partial charge in [-0.15, -0.1) is 0 Å². The Hall–Kier alpha value is -4.25. The van der Waals surface area contributed by atoms with E-state index in [1.54, 1.807) is 35.2 Å². The van der Waals surface area contributed by atoms with Crippen LogP contribution < -0.4 is 10.1 Å². The number of benzene rings is 3. The number of amides is 2. The second kappa shape index (κ2) is 17.8. The molecule has 1 aliphatic rings. The topological polar surface area (TPSA) is 129 Å². The SMILES string of the molecule is C[C@@H]1CCCCO[C@@H](CN(C)Cc2ccc(C(=O)O)cc2)[C@H](C)CN([C@@H](C)CO)C(=O)c2cc(NC(=O)Cc3ccccc3)ccc2O1. The Kier molecular flexibility index (Phi) is 13.5. The lowest BCUT2D eigenvalue weighted by molar-refractivity contribution is -0.115. The number of rotatable bonds is 10. The van der Waals surface area contributed by atoms with Crippen molar-refractivity contribution in [3.8, 4) is 5.75 Å². The number of hydrogen-bond acceptors (Lipinski definition) is 7. The van der Waals surface area contributed by atoms with E-state index < -0.39 is 12.0 Å². The van der Waals surface area contributed by atoms with E-state index in [4.69, 9.17) is 9.47 Å². The van der Waals surface area contributed by atoms with Gasteiger partial charge < -0.3 is 29.9 Å². The third-order valence-electron chi connectivity index (χ3n) is 8.69. The van der Waals surface area contributed by atoms with Gasteiger partial charge in [0.2, 0.25) is 5.91 Å². The van der Waals surface area contributed by atoms with E-state index in [0.717, 1.165) is 30.4 Å². The molecule has 0 saturated carbocycles. The summed E-state index contributed by atoms with van der Waals surface area (Å²) in [6.45, 7) is 7.69. The number of fused-ring (bicyclic) bond motifs is 1. The van der Waals surface area contributed by atoms with Crippen molar-refractivity contribution in [3.05, 3.63) is 95.1 Å². The van der Waals surface area contributed by atoms with Crippen LogP contribution in [0, 0.1) is 5.92 Å². The van der Waals surface area contributed by atoms with Crippen molar-refractivity contribution >= 4 is 23.5 Å². The van der Waals surface area contributed by atoms with Gasteiger partial charge in [-0.05, 0) is 81.6 Å². The van der Waals surface area contributed by atoms with E-state index in [1.165, 1.54) is 0 Å². The minimum Gasteiger partial charge on any atom is -0.490 e. The van der Waals surface area contributed by atoms with Gasteiger partial charge in [-0.25, -0.2) is 4.79 Å². The molecular weight excluding hydrogens is 610 g/mol. The van der Waals surface area contributed by atoms with Gasteiger partial charge in [0.15, 0.2) is 0 Å². The molecule has 0 spiro atoms. The third kappa shape index (κ3) is 10.6. The Morgan fingerprint density at radius 3 is 2.44 bits per heavy atom. The van der Waals surface area contributed by atoms with Gasteiger partial charge in [-0.3, -0.25) is 14.5 Å². The van der Waals surface area contributed by atoms with Crippen LogP contribution in [0.25, 0.3) is 0 Å². The molecule has 0 bridgehead atoms. The van der Waals surface area contributed by atoms with Crippen molar-refractivity contribution in [1.29, 1.82) is 0 Å². The van der Waals surface area contributed by atoms with E-state index in [0.29, 0.717) is 43.2 Å². The Balaban J connectivity index is 1.57. The van der Waals surface area contributed by atoms with Crippen molar-refractivity contribution < 1.29 is 34.1 Å². The number of carboxylic acids is 1. The normalized spacial score (nSPS) is 19.9. The van der Waals surface area contributed by atoms with Crippen LogP contribution >= 0.6 is 0 Å². The van der Waals surface area contributed by atoms with Crippen molar-refractivity contribution in [2.75, 3.05) is 38.7 Å². The van der Waals surface area contributed by atoms with Crippen LogP contribution in [-0.4, -0.2) is 89.4 Å². The summed E-state index contributed by atoms with van der Waals surface area (Å²) in [5.74, 6) is -1.11. The summed E-state index contributed by atoms with van der Waals surface area (Å²) in [6, 6.07) is 21.0. The Labute approximate surface area is 283 Å². The smallest absolute Gasteiger partial charge is 0.335 e. The highest BCUT2D eigenvalue weighted by Crippen LogP contribution is 2.29. The molecular formula is C38H49N3O7. The number of nitrogens with zero attached hydrogens (tertiary/aromatic N) is 2. The van der Waals surface area contributed by atoms with Gasteiger partial charge in [0.05, 0.1) is 42.4 Å². The molecule has 3 N–H and O–H groups in total. The number of carboxylic acid groups (broad SMARTS) is 1. The number of aromatic carboxylic acids is 1. The molecule has 0 aromatic heterocycles. The fourth-order valence-electron chi connectivity index (χ4n) is 5.89. The molecule has 3 aromatic rings. The van der Waals surface area contributed by atoms with Crippen LogP contribution in [0.2, 0.25) is 0 Å². The minimum absolute atomic E-state index is 0.0974. The summed E-state index contributed by atoms with van der Waals surface area (Å²) < 4.78 is 12.8. The average molecular weight is 660 g/mol. The van der Waals surface area contributed by atoms with Crippen LogP contribution in [-0.2, 0) is 22.5 Å². The molecule has 3 aromatic carbocycles. The highest BCUT2D eigenvalue weighted by Gasteiger charge is 2.30. The first-order valence-corrected chi connectivity index (χ1v) is 16.7. The lowest BCUT2D eigenvalue weighted by atomic mass is 10.0. The molecule has 0 radical (unpaired) electrons. The predicted octanol–water partition coefficient (Wildman–Crippen LogP) is 5.49. The molecule has 0 unspecified atom stereocenters. The van der Waals surface area contributed by atoms with Gasteiger partial charge in [-0.2, -0.15) is 0 Å². The van der Waals surface area contributed by atoms with Crippen LogP contribution in [0.5, 0.6) is 5.75 Å². The number of carbonyl (C=O) groups is 3. The van der Waals surface area contributed by atoms with Gasteiger partial charge in [0.1, 0.15) is 5.75 Å². The minimum atomic E-state index is -0.958. The molecule has 10 nitrogen and oxygen atoms in total. The zero-order valence-corrected chi connectivity index (χ0v) is 28.4. The second-order valence-corrected chi connectivity index (χ2v) is 12.9. The first-order valence-electron chi connectivity index (χ1n) is 16.7. The zero-order chi connectivity index (χ0) is 34.6. The fourth-order valence-corrected chi connectivity index (χ4v) is 5.89. The zero-order valence-electron chi connectivity index (χ0n) is 28.4. The predicted molar refractivity (Wildman–Crippen MR) is 185 cm³/mol.